The monoisotopic (exact) mass is 985 g/mol. The number of aromatic nitrogens is 3. The van der Waals surface area contributed by atoms with Crippen molar-refractivity contribution in [1.82, 2.24) is 52.2 Å². The Morgan fingerprint density at radius 1 is 0.648 bits per heavy atom. The van der Waals surface area contributed by atoms with Crippen LogP contribution in [0.4, 0.5) is 0 Å². The number of carbonyl (C=O) groups is 8. The van der Waals surface area contributed by atoms with Crippen molar-refractivity contribution in [2.45, 2.75) is 101 Å². The number of nitrogens with two attached hydrogens (primary N) is 5. The Morgan fingerprint density at radius 3 is 1.89 bits per heavy atom. The predicted molar refractivity (Wildman–Crippen MR) is 265 cm³/mol. The molecule has 0 fully saturated rings. The number of hydrogen-bond donors (Lipinski definition) is 14. The molecule has 71 heavy (non-hydrogen) atoms. The second kappa shape index (κ2) is 28.6. The molecular formula is C47H68N16O8. The third kappa shape index (κ3) is 18.9. The van der Waals surface area contributed by atoms with E-state index in [1.165, 1.54) is 12.5 Å². The van der Waals surface area contributed by atoms with Gasteiger partial charge in [0.1, 0.15) is 30.2 Å². The fourth-order valence-electron chi connectivity index (χ4n) is 7.49. The summed E-state index contributed by atoms with van der Waals surface area (Å²) in [7, 11) is 0. The molecule has 0 saturated carbocycles. The Balaban J connectivity index is 1.54. The number of aliphatic imine (C=N–C) groups is 1. The van der Waals surface area contributed by atoms with Gasteiger partial charge in [-0.25, -0.2) is 4.98 Å². The van der Waals surface area contributed by atoms with Crippen molar-refractivity contribution in [2.75, 3.05) is 26.2 Å². The van der Waals surface area contributed by atoms with Crippen molar-refractivity contribution < 1.29 is 38.4 Å². The van der Waals surface area contributed by atoms with E-state index in [4.69, 9.17) is 28.7 Å². The summed E-state index contributed by atoms with van der Waals surface area (Å²) in [5, 5.41) is 19.1. The molecule has 0 bridgehead atoms. The maximum Gasteiger partial charge on any atom is 0.243 e. The van der Waals surface area contributed by atoms with Crippen LogP contribution in [0.3, 0.4) is 0 Å². The summed E-state index contributed by atoms with van der Waals surface area (Å²) in [4.78, 5) is 121. The Bertz CT molecular complexity index is 2420. The molecule has 0 aliphatic rings. The first-order chi connectivity index (χ1) is 33.9. The minimum Gasteiger partial charge on any atom is -0.370 e. The summed E-state index contributed by atoms with van der Waals surface area (Å²) in [6, 6.07) is 9.23. The van der Waals surface area contributed by atoms with Gasteiger partial charge in [-0.1, -0.05) is 62.4 Å². The third-order valence-electron chi connectivity index (χ3n) is 11.3. The van der Waals surface area contributed by atoms with Gasteiger partial charge in [0.05, 0.1) is 25.5 Å². The van der Waals surface area contributed by atoms with Crippen molar-refractivity contribution in [3.8, 4) is 0 Å². The van der Waals surface area contributed by atoms with Crippen LogP contribution in [-0.2, 0) is 57.6 Å². The van der Waals surface area contributed by atoms with E-state index in [1.54, 1.807) is 50.4 Å². The van der Waals surface area contributed by atoms with Crippen LogP contribution in [0.15, 0.2) is 78.3 Å². The number of rotatable bonds is 30. The van der Waals surface area contributed by atoms with Gasteiger partial charge in [-0.15, -0.1) is 0 Å². The number of carbonyl (C=O) groups excluding carboxylic acids is 8. The van der Waals surface area contributed by atoms with Gasteiger partial charge in [0.15, 0.2) is 5.96 Å². The van der Waals surface area contributed by atoms with Crippen LogP contribution in [-0.4, -0.2) is 131 Å². The third-order valence-corrected chi connectivity index (χ3v) is 11.3. The number of H-pyrrole nitrogens is 2. The molecule has 4 rings (SSSR count). The van der Waals surface area contributed by atoms with Crippen molar-refractivity contribution in [3.63, 3.8) is 0 Å². The van der Waals surface area contributed by atoms with Crippen LogP contribution in [0, 0.1) is 5.92 Å². The number of para-hydroxylation sites is 1. The number of unbranched alkanes of at least 4 members (excludes halogenated alkanes) is 1. The molecule has 0 aliphatic carbocycles. The number of guanidine groups is 1. The maximum absolute atomic E-state index is 14.4. The number of benzene rings is 2. The lowest BCUT2D eigenvalue weighted by molar-refractivity contribution is -0.134. The van der Waals surface area contributed by atoms with E-state index in [9.17, 15) is 38.4 Å². The Labute approximate surface area is 411 Å². The lowest BCUT2D eigenvalue weighted by Crippen LogP contribution is -2.59. The molecule has 0 radical (unpaired) electrons. The van der Waals surface area contributed by atoms with Gasteiger partial charge >= 0.3 is 0 Å². The standard InChI is InChI=1S/C47H68N16O8/c1-27(2)40(41(50)66)63-39(65)25-56-43(68)34(15-8-9-17-48)59-38(64)24-57-44(69)37(20-29-22-55-33-14-7-6-13-31(29)33)62-45(70)35(16-10-18-54-47(51)52)60-46(71)36(19-28-11-4-3-5-12-28)61-42(67)32(49)21-30-23-53-26-58-30/h3-7,11-14,22-23,26-27,32,34-37,40,55H,8-10,15-21,24-25,48-49H2,1-2H3,(H2,50,66)(H,53,58)(H,56,68)(H,57,69)(H,59,64)(H,60,71)(H,61,67)(H,62,70)(H,63,65)(H4,51,52,54). The molecule has 0 spiro atoms. The van der Waals surface area contributed by atoms with Crippen molar-refractivity contribution >= 4 is 64.1 Å². The first-order valence-electron chi connectivity index (χ1n) is 23.4. The highest BCUT2D eigenvalue weighted by Gasteiger charge is 2.32. The van der Waals surface area contributed by atoms with Gasteiger partial charge < -0.3 is 75.9 Å². The fraction of sp³-hybridized carbons (Fsp3) is 0.447. The first-order valence-corrected chi connectivity index (χ1v) is 23.4. The van der Waals surface area contributed by atoms with Gasteiger partial charge in [-0.05, 0) is 61.8 Å². The quantitative estimate of drug-likeness (QED) is 0.0143. The molecule has 19 N–H and O–H groups in total. The van der Waals surface area contributed by atoms with Gasteiger partial charge in [0, 0.05) is 54.8 Å². The van der Waals surface area contributed by atoms with Crippen LogP contribution < -0.4 is 65.9 Å². The van der Waals surface area contributed by atoms with E-state index in [0.29, 0.717) is 36.2 Å². The van der Waals surface area contributed by atoms with Gasteiger partial charge in [-0.2, -0.15) is 0 Å². The van der Waals surface area contributed by atoms with Crippen molar-refractivity contribution in [1.29, 1.82) is 0 Å². The molecule has 24 heteroatoms. The number of aromatic amines is 2. The molecule has 2 heterocycles. The largest absolute Gasteiger partial charge is 0.370 e. The molecule has 0 aliphatic heterocycles. The van der Waals surface area contributed by atoms with Crippen LogP contribution in [0.25, 0.3) is 10.9 Å². The molecule has 4 aromatic rings. The van der Waals surface area contributed by atoms with Crippen LogP contribution in [0.2, 0.25) is 0 Å². The molecule has 6 atom stereocenters. The zero-order valence-corrected chi connectivity index (χ0v) is 40.0. The summed E-state index contributed by atoms with van der Waals surface area (Å²) < 4.78 is 0. The highest BCUT2D eigenvalue weighted by molar-refractivity contribution is 5.97. The zero-order valence-electron chi connectivity index (χ0n) is 40.0. The van der Waals surface area contributed by atoms with E-state index in [1.807, 2.05) is 24.3 Å². The van der Waals surface area contributed by atoms with Crippen molar-refractivity contribution in [3.05, 3.63) is 90.1 Å². The van der Waals surface area contributed by atoms with E-state index in [0.717, 1.165) is 10.9 Å². The summed E-state index contributed by atoms with van der Waals surface area (Å²) in [6.45, 7) is 2.67. The van der Waals surface area contributed by atoms with Crippen molar-refractivity contribution in [2.24, 2.45) is 39.6 Å². The Morgan fingerprint density at radius 2 is 1.24 bits per heavy atom. The molecule has 2 aromatic heterocycles. The summed E-state index contributed by atoms with van der Waals surface area (Å²) >= 11 is 0. The SMILES string of the molecule is CC(C)C(NC(=O)CNC(=O)C(CCCCN)NC(=O)CNC(=O)C(Cc1c[nH]c2ccccc12)NC(=O)C(CCCN=C(N)N)NC(=O)C(Cc1ccccc1)NC(=O)C(N)Cc1cnc[nH]1)C(N)=O. The average molecular weight is 985 g/mol. The number of nitrogens with zero attached hydrogens (tertiary/aromatic N) is 2. The summed E-state index contributed by atoms with van der Waals surface area (Å²) in [5.74, 6) is -6.26. The predicted octanol–water partition coefficient (Wildman–Crippen LogP) is -2.77. The van der Waals surface area contributed by atoms with Crippen LogP contribution in [0.5, 0.6) is 0 Å². The first kappa shape index (κ1) is 55.7. The van der Waals surface area contributed by atoms with Gasteiger partial charge in [0.25, 0.3) is 0 Å². The molecule has 24 nitrogen and oxygen atoms in total. The summed E-state index contributed by atoms with van der Waals surface area (Å²) in [5.41, 5.74) is 31.1. The lowest BCUT2D eigenvalue weighted by Gasteiger charge is -2.26. The second-order valence-corrected chi connectivity index (χ2v) is 17.3. The second-order valence-electron chi connectivity index (χ2n) is 17.3. The molecule has 6 unspecified atom stereocenters. The smallest absolute Gasteiger partial charge is 0.243 e. The van der Waals surface area contributed by atoms with E-state index >= 15 is 0 Å². The fourth-order valence-corrected chi connectivity index (χ4v) is 7.49. The van der Waals surface area contributed by atoms with Gasteiger partial charge in [0.2, 0.25) is 47.3 Å². The Kier molecular flexibility index (Phi) is 22.4. The lowest BCUT2D eigenvalue weighted by atomic mass is 10.0. The van der Waals surface area contributed by atoms with E-state index in [-0.39, 0.29) is 56.9 Å². The van der Waals surface area contributed by atoms with Crippen LogP contribution in [0.1, 0.15) is 62.8 Å². The number of hydrogen-bond acceptors (Lipinski definition) is 12. The molecule has 2 aromatic carbocycles. The number of amides is 8. The highest BCUT2D eigenvalue weighted by Crippen LogP contribution is 2.19. The minimum atomic E-state index is -1.33. The highest BCUT2D eigenvalue weighted by atomic mass is 16.2. The number of nitrogens with one attached hydrogen (secondary N) is 9. The van der Waals surface area contributed by atoms with E-state index < -0.39 is 96.6 Å². The van der Waals surface area contributed by atoms with Gasteiger partial charge in [-0.3, -0.25) is 43.3 Å². The average Bonchev–Trinajstić information content (AvgIpc) is 4.01. The Hall–Kier alpha value is -7.86. The normalized spacial score (nSPS) is 13.6. The number of primary amides is 1. The van der Waals surface area contributed by atoms with Crippen LogP contribution >= 0.6 is 0 Å². The maximum atomic E-state index is 14.4. The van der Waals surface area contributed by atoms with E-state index in [2.05, 4.69) is 57.2 Å². The topological polar surface area (TPSA) is 408 Å². The molecular weight excluding hydrogens is 917 g/mol. The molecule has 8 amide bonds. The minimum absolute atomic E-state index is 0.0117. The number of fused-ring (bicyclic) bond motifs is 1. The number of imidazole rings is 1. The summed E-state index contributed by atoms with van der Waals surface area (Å²) in [6.07, 6.45) is 6.04. The molecule has 0 saturated heterocycles. The molecule has 384 valence electrons. The zero-order chi connectivity index (χ0) is 51.9.